The maximum absolute atomic E-state index is 14.0. The number of rotatable bonds is 4. The molecule has 0 aliphatic carbocycles. The number of benzene rings is 1. The predicted molar refractivity (Wildman–Crippen MR) is 95.4 cm³/mol. The van der Waals surface area contributed by atoms with Gasteiger partial charge in [0, 0.05) is 43.7 Å². The molecule has 4 heteroatoms. The molecule has 0 fully saturated rings. The van der Waals surface area contributed by atoms with Crippen LogP contribution in [0.3, 0.4) is 0 Å². The Morgan fingerprint density at radius 2 is 1.83 bits per heavy atom. The molecule has 1 aliphatic heterocycles. The van der Waals surface area contributed by atoms with Gasteiger partial charge in [-0.05, 0) is 24.1 Å². The van der Waals surface area contributed by atoms with Crippen LogP contribution in [0.4, 0.5) is 10.1 Å². The van der Waals surface area contributed by atoms with E-state index in [1.165, 1.54) is 31.2 Å². The molecule has 0 saturated carbocycles. The molecule has 0 spiro atoms. The quantitative estimate of drug-likeness (QED) is 0.755. The summed E-state index contributed by atoms with van der Waals surface area (Å²) in [5.74, 6) is -0.175. The van der Waals surface area contributed by atoms with E-state index in [4.69, 9.17) is 0 Å². The van der Waals surface area contributed by atoms with Crippen molar-refractivity contribution in [2.24, 2.45) is 7.05 Å². The van der Waals surface area contributed by atoms with Crippen molar-refractivity contribution in [3.05, 3.63) is 35.9 Å². The summed E-state index contributed by atoms with van der Waals surface area (Å²) in [4.78, 5) is 2.09. The molecule has 0 atom stereocenters. The molecule has 0 unspecified atom stereocenters. The summed E-state index contributed by atoms with van der Waals surface area (Å²) >= 11 is 0. The molecule has 23 heavy (non-hydrogen) atoms. The lowest BCUT2D eigenvalue weighted by Crippen LogP contribution is -2.12. The van der Waals surface area contributed by atoms with Gasteiger partial charge in [0.25, 0.3) is 0 Å². The van der Waals surface area contributed by atoms with Gasteiger partial charge < -0.3 is 4.90 Å². The van der Waals surface area contributed by atoms with Crippen LogP contribution in [0.2, 0.25) is 0 Å². The van der Waals surface area contributed by atoms with E-state index in [2.05, 4.69) is 23.8 Å². The van der Waals surface area contributed by atoms with Crippen molar-refractivity contribution in [3.8, 4) is 11.1 Å². The predicted octanol–water partition coefficient (Wildman–Crippen LogP) is 4.81. The van der Waals surface area contributed by atoms with Crippen LogP contribution in [0.15, 0.2) is 24.5 Å². The van der Waals surface area contributed by atoms with Gasteiger partial charge in [-0.25, -0.2) is 4.39 Å². The Morgan fingerprint density at radius 3 is 2.39 bits per heavy atom. The van der Waals surface area contributed by atoms with Crippen LogP contribution in [-0.4, -0.2) is 23.4 Å². The van der Waals surface area contributed by atoms with Crippen LogP contribution < -0.4 is 4.90 Å². The fraction of sp³-hybridized carbons (Fsp3) is 0.526. The van der Waals surface area contributed by atoms with Crippen molar-refractivity contribution in [3.63, 3.8) is 0 Å². The smallest absolute Gasteiger partial charge is 0.133 e. The summed E-state index contributed by atoms with van der Waals surface area (Å²) in [6.07, 6.45) is 10.1. The molecular weight excluding hydrogens is 289 g/mol. The standard InChI is InChI=1S/C13H14FN3.C6H14/c1-16-4-3-9-5-11(12(14)6-13(9)16)10-7-15-17(2)8-10;1-3-5-6-4-2/h5-8H,3-4H2,1-2H3;3-6H2,1-2H3. The zero-order chi connectivity index (χ0) is 16.8. The molecule has 0 N–H and O–H groups in total. The molecule has 2 heterocycles. The first-order valence-corrected chi connectivity index (χ1v) is 8.59. The van der Waals surface area contributed by atoms with E-state index in [9.17, 15) is 4.39 Å². The second-order valence-corrected chi connectivity index (χ2v) is 6.24. The van der Waals surface area contributed by atoms with Crippen LogP contribution in [0.1, 0.15) is 45.1 Å². The molecule has 0 bridgehead atoms. The molecule has 0 radical (unpaired) electrons. The first kappa shape index (κ1) is 17.5. The maximum Gasteiger partial charge on any atom is 0.133 e. The highest BCUT2D eigenvalue weighted by molar-refractivity contribution is 5.70. The third-order valence-electron chi connectivity index (χ3n) is 4.27. The summed E-state index contributed by atoms with van der Waals surface area (Å²) < 4.78 is 15.7. The Morgan fingerprint density at radius 1 is 1.13 bits per heavy atom. The van der Waals surface area contributed by atoms with Gasteiger partial charge in [0.05, 0.1) is 6.20 Å². The van der Waals surface area contributed by atoms with E-state index >= 15 is 0 Å². The van der Waals surface area contributed by atoms with Crippen LogP contribution >= 0.6 is 0 Å². The molecule has 1 aliphatic rings. The highest BCUT2D eigenvalue weighted by Crippen LogP contribution is 2.33. The molecule has 1 aromatic carbocycles. The van der Waals surface area contributed by atoms with Crippen LogP contribution in [0.5, 0.6) is 0 Å². The molecule has 0 amide bonds. The largest absolute Gasteiger partial charge is 0.374 e. The third kappa shape index (κ3) is 4.34. The van der Waals surface area contributed by atoms with E-state index in [0.717, 1.165) is 24.2 Å². The van der Waals surface area contributed by atoms with Crippen molar-refractivity contribution in [1.82, 2.24) is 9.78 Å². The number of unbranched alkanes of at least 4 members (excludes halogenated alkanes) is 3. The van der Waals surface area contributed by atoms with Crippen LogP contribution in [0.25, 0.3) is 11.1 Å². The second-order valence-electron chi connectivity index (χ2n) is 6.24. The van der Waals surface area contributed by atoms with E-state index in [1.807, 2.05) is 26.4 Å². The number of hydrogen-bond acceptors (Lipinski definition) is 2. The summed E-state index contributed by atoms with van der Waals surface area (Å²) in [5, 5.41) is 4.08. The Balaban J connectivity index is 0.000000277. The van der Waals surface area contributed by atoms with Gasteiger partial charge in [-0.15, -0.1) is 0 Å². The minimum Gasteiger partial charge on any atom is -0.374 e. The second kappa shape index (κ2) is 8.14. The number of aromatic nitrogens is 2. The first-order chi connectivity index (χ1) is 11.1. The molecule has 3 rings (SSSR count). The van der Waals surface area contributed by atoms with E-state index in [1.54, 1.807) is 16.9 Å². The van der Waals surface area contributed by atoms with Gasteiger partial charge in [-0.2, -0.15) is 5.10 Å². The Bertz CT molecular complexity index is 630. The lowest BCUT2D eigenvalue weighted by atomic mass is 10.0. The average molecular weight is 317 g/mol. The Labute approximate surface area is 139 Å². The van der Waals surface area contributed by atoms with Gasteiger partial charge >= 0.3 is 0 Å². The number of likely N-dealkylation sites (N-methyl/N-ethyl adjacent to an activating group) is 1. The van der Waals surface area contributed by atoms with Crippen molar-refractivity contribution < 1.29 is 4.39 Å². The molecule has 126 valence electrons. The van der Waals surface area contributed by atoms with E-state index in [0.29, 0.717) is 5.56 Å². The van der Waals surface area contributed by atoms with E-state index in [-0.39, 0.29) is 5.82 Å². The fourth-order valence-electron chi connectivity index (χ4n) is 2.85. The number of fused-ring (bicyclic) bond motifs is 1. The zero-order valence-corrected chi connectivity index (χ0v) is 14.8. The fourth-order valence-corrected chi connectivity index (χ4v) is 2.85. The Hall–Kier alpha value is -1.84. The normalized spacial score (nSPS) is 12.8. The Kier molecular flexibility index (Phi) is 6.20. The third-order valence-corrected chi connectivity index (χ3v) is 4.27. The van der Waals surface area contributed by atoms with Crippen molar-refractivity contribution in [1.29, 1.82) is 0 Å². The monoisotopic (exact) mass is 317 g/mol. The van der Waals surface area contributed by atoms with Crippen molar-refractivity contribution in [2.45, 2.75) is 46.0 Å². The summed E-state index contributed by atoms with van der Waals surface area (Å²) in [7, 11) is 3.83. The lowest BCUT2D eigenvalue weighted by Gasteiger charge is -2.12. The molecule has 1 aromatic heterocycles. The minimum atomic E-state index is -0.175. The van der Waals surface area contributed by atoms with E-state index < -0.39 is 0 Å². The maximum atomic E-state index is 14.0. The zero-order valence-electron chi connectivity index (χ0n) is 14.8. The number of nitrogens with zero attached hydrogens (tertiary/aromatic N) is 3. The molecule has 3 nitrogen and oxygen atoms in total. The number of hydrogen-bond donors (Lipinski definition) is 0. The number of halogens is 1. The lowest BCUT2D eigenvalue weighted by molar-refractivity contribution is 0.631. The highest BCUT2D eigenvalue weighted by atomic mass is 19.1. The van der Waals surface area contributed by atoms with Gasteiger partial charge in [-0.3, -0.25) is 4.68 Å². The summed E-state index contributed by atoms with van der Waals surface area (Å²) in [6, 6.07) is 3.58. The average Bonchev–Trinajstić information content (AvgIpc) is 3.12. The molecule has 0 saturated heterocycles. The van der Waals surface area contributed by atoms with Gasteiger partial charge in [0.1, 0.15) is 5.82 Å². The van der Waals surface area contributed by atoms with Gasteiger partial charge in [0.2, 0.25) is 0 Å². The first-order valence-electron chi connectivity index (χ1n) is 8.59. The summed E-state index contributed by atoms with van der Waals surface area (Å²) in [6.45, 7) is 5.43. The van der Waals surface area contributed by atoms with Gasteiger partial charge in [0.15, 0.2) is 0 Å². The number of anilines is 1. The number of aryl methyl sites for hydroxylation is 1. The highest BCUT2D eigenvalue weighted by Gasteiger charge is 2.19. The topological polar surface area (TPSA) is 21.1 Å². The van der Waals surface area contributed by atoms with Crippen LogP contribution in [0, 0.1) is 5.82 Å². The molecular formula is C19H28FN3. The van der Waals surface area contributed by atoms with Gasteiger partial charge in [-0.1, -0.05) is 39.5 Å². The molecule has 2 aromatic rings. The van der Waals surface area contributed by atoms with Crippen molar-refractivity contribution in [2.75, 3.05) is 18.5 Å². The summed E-state index contributed by atoms with van der Waals surface area (Å²) in [5.41, 5.74) is 3.71. The SMILES string of the molecule is CCCCCC.CN1CCc2cc(-c3cnn(C)c3)c(F)cc21. The van der Waals surface area contributed by atoms with Crippen LogP contribution in [-0.2, 0) is 13.5 Å². The minimum absolute atomic E-state index is 0.175. The van der Waals surface area contributed by atoms with Crippen molar-refractivity contribution >= 4 is 5.69 Å².